The van der Waals surface area contributed by atoms with Crippen LogP contribution in [-0.4, -0.2) is 16.4 Å². The molecule has 9 heavy (non-hydrogen) atoms. The Kier molecular flexibility index (Phi) is 1.31. The van der Waals surface area contributed by atoms with E-state index in [1.165, 1.54) is 6.92 Å². The maximum atomic E-state index is 13.1. The van der Waals surface area contributed by atoms with Gasteiger partial charge < -0.3 is 5.11 Å². The highest BCUT2D eigenvalue weighted by atomic mass is 19.1. The Morgan fingerprint density at radius 2 is 1.89 bits per heavy atom. The molecule has 1 rings (SSSR count). The summed E-state index contributed by atoms with van der Waals surface area (Å²) in [5.41, 5.74) is -2.43. The summed E-state index contributed by atoms with van der Waals surface area (Å²) in [5.74, 6) is 0. The van der Waals surface area contributed by atoms with Gasteiger partial charge in [-0.05, 0) is 33.1 Å². The Morgan fingerprint density at radius 3 is 2.00 bits per heavy atom. The van der Waals surface area contributed by atoms with Crippen LogP contribution in [0, 0.1) is 0 Å². The van der Waals surface area contributed by atoms with Gasteiger partial charge in [-0.2, -0.15) is 0 Å². The molecule has 1 aliphatic rings. The van der Waals surface area contributed by atoms with E-state index >= 15 is 0 Å². The highest BCUT2D eigenvalue weighted by molar-refractivity contribution is 4.99. The van der Waals surface area contributed by atoms with Crippen LogP contribution in [0.4, 0.5) is 4.39 Å². The van der Waals surface area contributed by atoms with Crippen LogP contribution in [0.2, 0.25) is 0 Å². The van der Waals surface area contributed by atoms with Gasteiger partial charge in [-0.15, -0.1) is 0 Å². The normalized spacial score (nSPS) is 52.0. The molecule has 0 aromatic heterocycles. The van der Waals surface area contributed by atoms with Crippen molar-refractivity contribution in [3.05, 3.63) is 0 Å². The van der Waals surface area contributed by atoms with E-state index < -0.39 is 11.3 Å². The number of hydrogen-bond acceptors (Lipinski definition) is 1. The van der Waals surface area contributed by atoms with Crippen molar-refractivity contribution in [2.24, 2.45) is 0 Å². The number of hydrogen-bond donors (Lipinski definition) is 1. The van der Waals surface area contributed by atoms with Crippen LogP contribution >= 0.6 is 0 Å². The first kappa shape index (κ1) is 7.00. The second kappa shape index (κ2) is 1.69. The summed E-state index contributed by atoms with van der Waals surface area (Å²) in [5, 5.41) is 9.35. The zero-order valence-electron chi connectivity index (χ0n) is 5.95. The minimum absolute atomic E-state index is 0.500. The molecular formula is C7H13FO. The summed E-state index contributed by atoms with van der Waals surface area (Å²) in [7, 11) is 0. The molecule has 0 unspecified atom stereocenters. The van der Waals surface area contributed by atoms with Crippen molar-refractivity contribution in [3.63, 3.8) is 0 Å². The van der Waals surface area contributed by atoms with Crippen molar-refractivity contribution in [3.8, 4) is 0 Å². The number of aliphatic hydroxyl groups is 1. The third-order valence-corrected chi connectivity index (χ3v) is 2.43. The summed E-state index contributed by atoms with van der Waals surface area (Å²) >= 11 is 0. The lowest BCUT2D eigenvalue weighted by atomic mass is 9.92. The van der Waals surface area contributed by atoms with Crippen LogP contribution in [0.5, 0.6) is 0 Å². The van der Waals surface area contributed by atoms with Gasteiger partial charge in [0.1, 0.15) is 5.67 Å². The van der Waals surface area contributed by atoms with E-state index in [0.717, 1.165) is 6.42 Å². The lowest BCUT2D eigenvalue weighted by Gasteiger charge is -2.28. The molecule has 0 aromatic carbocycles. The predicted octanol–water partition coefficient (Wildman–Crippen LogP) is 1.65. The average Bonchev–Trinajstić information content (AvgIpc) is 1.81. The highest BCUT2D eigenvalue weighted by Crippen LogP contribution is 2.41. The maximum absolute atomic E-state index is 13.1. The Hall–Kier alpha value is -0.110. The van der Waals surface area contributed by atoms with Gasteiger partial charge in [-0.1, -0.05) is 0 Å². The van der Waals surface area contributed by atoms with Gasteiger partial charge in [0.2, 0.25) is 0 Å². The fraction of sp³-hybridized carbons (Fsp3) is 1.00. The Labute approximate surface area is 54.9 Å². The first-order valence-electron chi connectivity index (χ1n) is 3.37. The molecule has 54 valence electrons. The molecule has 0 spiro atoms. The molecule has 2 heteroatoms. The Morgan fingerprint density at radius 1 is 1.33 bits per heavy atom. The predicted molar refractivity (Wildman–Crippen MR) is 34.0 cm³/mol. The van der Waals surface area contributed by atoms with Crippen molar-refractivity contribution in [2.45, 2.75) is 44.4 Å². The molecular weight excluding hydrogens is 119 g/mol. The van der Waals surface area contributed by atoms with Crippen molar-refractivity contribution < 1.29 is 9.50 Å². The fourth-order valence-corrected chi connectivity index (χ4v) is 1.29. The molecule has 0 heterocycles. The van der Waals surface area contributed by atoms with Crippen molar-refractivity contribution in [2.75, 3.05) is 0 Å². The van der Waals surface area contributed by atoms with Gasteiger partial charge in [0.05, 0.1) is 5.60 Å². The van der Waals surface area contributed by atoms with Crippen molar-refractivity contribution >= 4 is 0 Å². The monoisotopic (exact) mass is 132 g/mol. The minimum Gasteiger partial charge on any atom is -0.387 e. The van der Waals surface area contributed by atoms with Gasteiger partial charge in [0.15, 0.2) is 0 Å². The van der Waals surface area contributed by atoms with Crippen LogP contribution in [0.15, 0.2) is 0 Å². The summed E-state index contributed by atoms with van der Waals surface area (Å²) in [6.07, 6.45) is 1.90. The molecule has 0 saturated heterocycles. The van der Waals surface area contributed by atoms with E-state index in [4.69, 9.17) is 0 Å². The third-order valence-electron chi connectivity index (χ3n) is 2.43. The van der Waals surface area contributed by atoms with E-state index in [0.29, 0.717) is 12.8 Å². The SMILES string of the molecule is C[C@]1(O)CCC[C@@]1(C)F. The van der Waals surface area contributed by atoms with Gasteiger partial charge in [-0.3, -0.25) is 0 Å². The Balaban J connectivity index is 2.75. The van der Waals surface area contributed by atoms with E-state index in [1.807, 2.05) is 0 Å². The molecule has 1 aliphatic carbocycles. The molecule has 0 bridgehead atoms. The topological polar surface area (TPSA) is 20.2 Å². The molecule has 1 fully saturated rings. The first-order valence-corrected chi connectivity index (χ1v) is 3.37. The quantitative estimate of drug-likeness (QED) is 0.531. The molecule has 0 radical (unpaired) electrons. The Bertz CT molecular complexity index is 104. The van der Waals surface area contributed by atoms with E-state index in [2.05, 4.69) is 0 Å². The third kappa shape index (κ3) is 0.960. The van der Waals surface area contributed by atoms with Crippen LogP contribution in [0.25, 0.3) is 0 Å². The van der Waals surface area contributed by atoms with Gasteiger partial charge in [0.25, 0.3) is 0 Å². The smallest absolute Gasteiger partial charge is 0.136 e. The highest BCUT2D eigenvalue weighted by Gasteiger charge is 2.47. The summed E-state index contributed by atoms with van der Waals surface area (Å²) in [4.78, 5) is 0. The van der Waals surface area contributed by atoms with E-state index in [9.17, 15) is 9.50 Å². The molecule has 0 aliphatic heterocycles. The minimum atomic E-state index is -1.35. The number of rotatable bonds is 0. The molecule has 1 saturated carbocycles. The second-order valence-corrected chi connectivity index (χ2v) is 3.32. The lowest BCUT2D eigenvalue weighted by Crippen LogP contribution is -2.40. The van der Waals surface area contributed by atoms with Crippen molar-refractivity contribution in [1.82, 2.24) is 0 Å². The average molecular weight is 132 g/mol. The standard InChI is InChI=1S/C7H13FO/c1-6(8)4-3-5-7(6,2)9/h9H,3-5H2,1-2H3/t6-,7+/m1/s1. The van der Waals surface area contributed by atoms with E-state index in [1.54, 1.807) is 6.92 Å². The molecule has 2 atom stereocenters. The zero-order valence-corrected chi connectivity index (χ0v) is 5.95. The van der Waals surface area contributed by atoms with E-state index in [-0.39, 0.29) is 0 Å². The lowest BCUT2D eigenvalue weighted by molar-refractivity contribution is -0.0562. The number of halogens is 1. The largest absolute Gasteiger partial charge is 0.387 e. The molecule has 1 nitrogen and oxygen atoms in total. The van der Waals surface area contributed by atoms with Gasteiger partial charge in [-0.25, -0.2) is 4.39 Å². The summed E-state index contributed by atoms with van der Waals surface area (Å²) < 4.78 is 13.1. The van der Waals surface area contributed by atoms with Crippen molar-refractivity contribution in [1.29, 1.82) is 0 Å². The number of alkyl halides is 1. The van der Waals surface area contributed by atoms with Crippen LogP contribution in [0.1, 0.15) is 33.1 Å². The molecule has 0 aromatic rings. The first-order chi connectivity index (χ1) is 3.96. The fourth-order valence-electron chi connectivity index (χ4n) is 1.29. The second-order valence-electron chi connectivity index (χ2n) is 3.32. The maximum Gasteiger partial charge on any atom is 0.136 e. The molecule has 1 N–H and O–H groups in total. The molecule has 0 amide bonds. The van der Waals surface area contributed by atoms with Gasteiger partial charge in [0, 0.05) is 0 Å². The van der Waals surface area contributed by atoms with Gasteiger partial charge >= 0.3 is 0 Å². The summed E-state index contributed by atoms with van der Waals surface area (Å²) in [6, 6.07) is 0. The van der Waals surface area contributed by atoms with Crippen LogP contribution in [-0.2, 0) is 0 Å². The van der Waals surface area contributed by atoms with Crippen LogP contribution in [0.3, 0.4) is 0 Å². The zero-order chi connectivity index (χ0) is 7.12. The summed E-state index contributed by atoms with van der Waals surface area (Å²) in [6.45, 7) is 3.04. The van der Waals surface area contributed by atoms with Crippen LogP contribution < -0.4 is 0 Å².